The van der Waals surface area contributed by atoms with Crippen LogP contribution in [0.1, 0.15) is 76.5 Å². The summed E-state index contributed by atoms with van der Waals surface area (Å²) >= 11 is 1.93. The quantitative estimate of drug-likeness (QED) is 0.556. The van der Waals surface area contributed by atoms with Crippen LogP contribution in [0.25, 0.3) is 0 Å². The second kappa shape index (κ2) is 6.97. The number of hydrogen-bond donors (Lipinski definition) is 0. The van der Waals surface area contributed by atoms with Crippen molar-refractivity contribution in [2.45, 2.75) is 77.7 Å². The lowest BCUT2D eigenvalue weighted by atomic mass is 9.47. The van der Waals surface area contributed by atoms with E-state index in [1.165, 1.54) is 44.9 Å². The fraction of sp³-hybridized carbons (Fsp3) is 0.731. The number of amides is 1. The van der Waals surface area contributed by atoms with Crippen molar-refractivity contribution >= 4 is 17.2 Å². The molecule has 0 spiro atoms. The maximum atomic E-state index is 12.3. The summed E-state index contributed by atoms with van der Waals surface area (Å²) in [5, 5.41) is 2.23. The van der Waals surface area contributed by atoms with Crippen LogP contribution in [-0.2, 0) is 4.79 Å². The summed E-state index contributed by atoms with van der Waals surface area (Å²) in [6.45, 7) is 7.55. The Labute approximate surface area is 180 Å². The van der Waals surface area contributed by atoms with Gasteiger partial charge in [-0.3, -0.25) is 4.79 Å². The SMILES string of the molecule is CC(CC1CC[C@H]2[C@@H]3CCC4N(C)C(=O)C=C[C@]4(C)[C@@H]3CC[C@]12C)c1cccs1. The molecule has 3 heteroatoms. The van der Waals surface area contributed by atoms with Gasteiger partial charge in [-0.25, -0.2) is 0 Å². The Hall–Kier alpha value is -1.09. The number of carbonyl (C=O) groups excluding carboxylic acids is 1. The average molecular weight is 412 g/mol. The molecule has 3 aliphatic carbocycles. The third-order valence-corrected chi connectivity index (χ3v) is 11.1. The van der Waals surface area contributed by atoms with Crippen molar-refractivity contribution in [2.75, 3.05) is 7.05 Å². The molecule has 3 saturated carbocycles. The van der Waals surface area contributed by atoms with E-state index in [1.54, 1.807) is 4.88 Å². The largest absolute Gasteiger partial charge is 0.338 e. The number of thiophene rings is 1. The van der Waals surface area contributed by atoms with E-state index in [0.29, 0.717) is 17.4 Å². The van der Waals surface area contributed by atoms with Crippen molar-refractivity contribution in [1.29, 1.82) is 0 Å². The molecule has 1 aromatic heterocycles. The summed E-state index contributed by atoms with van der Waals surface area (Å²) in [6, 6.07) is 4.94. The van der Waals surface area contributed by atoms with Gasteiger partial charge in [-0.2, -0.15) is 0 Å². The normalized spacial score (nSPS) is 44.9. The number of nitrogens with zero attached hydrogens (tertiary/aromatic N) is 1. The van der Waals surface area contributed by atoms with Crippen molar-refractivity contribution in [1.82, 2.24) is 4.90 Å². The number of hydrogen-bond acceptors (Lipinski definition) is 2. The molecule has 0 radical (unpaired) electrons. The highest BCUT2D eigenvalue weighted by atomic mass is 32.1. The Kier molecular flexibility index (Phi) is 4.77. The van der Waals surface area contributed by atoms with Crippen molar-refractivity contribution in [2.24, 2.45) is 34.5 Å². The summed E-state index contributed by atoms with van der Waals surface area (Å²) in [5.74, 6) is 4.26. The van der Waals surface area contributed by atoms with Crippen LogP contribution in [0.4, 0.5) is 0 Å². The maximum Gasteiger partial charge on any atom is 0.246 e. The third kappa shape index (κ3) is 2.90. The first kappa shape index (κ1) is 19.8. The van der Waals surface area contributed by atoms with Gasteiger partial charge in [0.2, 0.25) is 5.91 Å². The van der Waals surface area contributed by atoms with Gasteiger partial charge in [-0.15, -0.1) is 11.3 Å². The van der Waals surface area contributed by atoms with Crippen LogP contribution in [0, 0.1) is 34.5 Å². The van der Waals surface area contributed by atoms with E-state index in [2.05, 4.69) is 44.4 Å². The summed E-state index contributed by atoms with van der Waals surface area (Å²) in [4.78, 5) is 15.9. The maximum absolute atomic E-state index is 12.3. The molecule has 1 aromatic rings. The molecule has 158 valence electrons. The van der Waals surface area contributed by atoms with Gasteiger partial charge in [-0.1, -0.05) is 32.9 Å². The molecule has 0 N–H and O–H groups in total. The molecule has 4 aliphatic rings. The molecule has 0 saturated heterocycles. The number of likely N-dealkylation sites (N-methyl/N-ethyl adjacent to an activating group) is 1. The van der Waals surface area contributed by atoms with E-state index in [4.69, 9.17) is 0 Å². The molecule has 3 fully saturated rings. The minimum atomic E-state index is 0.176. The first-order valence-electron chi connectivity index (χ1n) is 11.8. The van der Waals surface area contributed by atoms with E-state index < -0.39 is 0 Å². The molecule has 1 aliphatic heterocycles. The first-order chi connectivity index (χ1) is 13.8. The van der Waals surface area contributed by atoms with Crippen LogP contribution in [0.2, 0.25) is 0 Å². The van der Waals surface area contributed by atoms with Crippen LogP contribution in [0.5, 0.6) is 0 Å². The van der Waals surface area contributed by atoms with Gasteiger partial charge >= 0.3 is 0 Å². The molecular formula is C26H37NOS. The zero-order valence-corrected chi connectivity index (χ0v) is 19.4. The Morgan fingerprint density at radius 3 is 2.76 bits per heavy atom. The molecular weight excluding hydrogens is 374 g/mol. The van der Waals surface area contributed by atoms with Gasteiger partial charge < -0.3 is 4.90 Å². The van der Waals surface area contributed by atoms with E-state index in [0.717, 1.165) is 23.7 Å². The summed E-state index contributed by atoms with van der Waals surface area (Å²) in [6.07, 6.45) is 13.6. The lowest BCUT2D eigenvalue weighted by Gasteiger charge is -2.60. The lowest BCUT2D eigenvalue weighted by molar-refractivity contribution is -0.138. The van der Waals surface area contributed by atoms with Gasteiger partial charge in [0.05, 0.1) is 0 Å². The molecule has 1 amide bonds. The van der Waals surface area contributed by atoms with Gasteiger partial charge in [0.25, 0.3) is 0 Å². The van der Waals surface area contributed by atoms with Crippen molar-refractivity contribution in [3.8, 4) is 0 Å². The molecule has 8 atom stereocenters. The average Bonchev–Trinajstić information content (AvgIpc) is 3.34. The smallest absolute Gasteiger partial charge is 0.246 e. The highest BCUT2D eigenvalue weighted by Crippen LogP contribution is 2.66. The summed E-state index contributed by atoms with van der Waals surface area (Å²) < 4.78 is 0. The van der Waals surface area contributed by atoms with Crippen LogP contribution >= 0.6 is 11.3 Å². The molecule has 2 nitrogen and oxygen atoms in total. The van der Waals surface area contributed by atoms with Gasteiger partial charge in [0.15, 0.2) is 0 Å². The first-order valence-corrected chi connectivity index (χ1v) is 12.7. The van der Waals surface area contributed by atoms with Gasteiger partial charge in [0.1, 0.15) is 0 Å². The minimum absolute atomic E-state index is 0.176. The van der Waals surface area contributed by atoms with Gasteiger partial charge in [0, 0.05) is 23.4 Å². The zero-order valence-electron chi connectivity index (χ0n) is 18.6. The highest BCUT2D eigenvalue weighted by molar-refractivity contribution is 7.10. The monoisotopic (exact) mass is 411 g/mol. The molecule has 0 bridgehead atoms. The van der Waals surface area contributed by atoms with E-state index >= 15 is 0 Å². The van der Waals surface area contributed by atoms with E-state index in [9.17, 15) is 4.79 Å². The fourth-order valence-electron chi connectivity index (χ4n) is 8.35. The van der Waals surface area contributed by atoms with Gasteiger partial charge in [-0.05, 0) is 97.5 Å². The number of carbonyl (C=O) groups is 1. The minimum Gasteiger partial charge on any atom is -0.338 e. The van der Waals surface area contributed by atoms with Crippen molar-refractivity contribution in [3.63, 3.8) is 0 Å². The lowest BCUT2D eigenvalue weighted by Crippen LogP contribution is -2.59. The predicted molar refractivity (Wildman–Crippen MR) is 121 cm³/mol. The molecule has 5 rings (SSSR count). The molecule has 3 unspecified atom stereocenters. The predicted octanol–water partition coefficient (Wildman–Crippen LogP) is 6.50. The Bertz CT molecular complexity index is 800. The Morgan fingerprint density at radius 1 is 1.17 bits per heavy atom. The fourth-order valence-corrected chi connectivity index (χ4v) is 9.15. The highest BCUT2D eigenvalue weighted by Gasteiger charge is 2.60. The topological polar surface area (TPSA) is 20.3 Å². The van der Waals surface area contributed by atoms with Crippen LogP contribution in [0.3, 0.4) is 0 Å². The third-order valence-electron chi connectivity index (χ3n) is 9.99. The van der Waals surface area contributed by atoms with Crippen LogP contribution < -0.4 is 0 Å². The van der Waals surface area contributed by atoms with Crippen molar-refractivity contribution < 1.29 is 4.79 Å². The molecule has 2 heterocycles. The summed E-state index contributed by atoms with van der Waals surface area (Å²) in [7, 11) is 2.03. The Balaban J connectivity index is 1.38. The Morgan fingerprint density at radius 2 is 2.00 bits per heavy atom. The van der Waals surface area contributed by atoms with Crippen LogP contribution in [0.15, 0.2) is 29.7 Å². The second-order valence-corrected chi connectivity index (χ2v) is 12.1. The zero-order chi connectivity index (χ0) is 20.4. The second-order valence-electron chi connectivity index (χ2n) is 11.1. The van der Waals surface area contributed by atoms with E-state index in [-0.39, 0.29) is 11.3 Å². The van der Waals surface area contributed by atoms with E-state index in [1.807, 2.05) is 29.4 Å². The van der Waals surface area contributed by atoms with Crippen molar-refractivity contribution in [3.05, 3.63) is 34.5 Å². The molecule has 29 heavy (non-hydrogen) atoms. The van der Waals surface area contributed by atoms with Crippen LogP contribution in [-0.4, -0.2) is 23.9 Å². The number of fused-ring (bicyclic) bond motifs is 5. The molecule has 0 aromatic carbocycles. The summed E-state index contributed by atoms with van der Waals surface area (Å²) in [5.41, 5.74) is 0.700. The standard InChI is InChI=1S/C26H37NOS/c1-17(22-6-5-15-29-22)16-18-7-9-20-19-8-10-23-26(3,14-12-24(28)27(23)4)21(19)11-13-25(18,20)2/h5-6,12,14-15,17-21,23H,7-11,13,16H2,1-4H3/t17?,18?,19-,20-,21+,23?,25+,26+/m0/s1. The number of rotatable bonds is 3.